The molecule has 0 radical (unpaired) electrons. The van der Waals surface area contributed by atoms with Crippen molar-refractivity contribution in [1.82, 2.24) is 25.8 Å². The molecule has 1 aromatic rings. The maximum atomic E-state index is 11.3. The summed E-state index contributed by atoms with van der Waals surface area (Å²) in [5.74, 6) is 0.888. The first-order chi connectivity index (χ1) is 6.36. The molecule has 0 spiro atoms. The minimum Gasteiger partial charge on any atom is -0.348 e. The van der Waals surface area contributed by atoms with Crippen molar-refractivity contribution in [1.29, 1.82) is 0 Å². The molecule has 6 nitrogen and oxygen atoms in total. The first-order valence-corrected chi connectivity index (χ1v) is 4.19. The lowest BCUT2D eigenvalue weighted by molar-refractivity contribution is -0.126. The topological polar surface area (TPSA) is 82.7 Å². The van der Waals surface area contributed by atoms with E-state index < -0.39 is 0 Å². The van der Waals surface area contributed by atoms with Crippen molar-refractivity contribution in [3.05, 3.63) is 12.2 Å². The summed E-state index contributed by atoms with van der Waals surface area (Å²) >= 11 is 0. The average Bonchev–Trinajstić information content (AvgIpc) is 2.49. The van der Waals surface area contributed by atoms with E-state index in [1.807, 2.05) is 0 Å². The monoisotopic (exact) mass is 181 g/mol. The maximum Gasteiger partial charge on any atom is 0.226 e. The molecular weight excluding hydrogens is 170 g/mol. The Kier molecular flexibility index (Phi) is 2.22. The summed E-state index contributed by atoms with van der Waals surface area (Å²) in [7, 11) is 0. The van der Waals surface area contributed by atoms with Gasteiger partial charge >= 0.3 is 0 Å². The van der Waals surface area contributed by atoms with Gasteiger partial charge in [0, 0.05) is 13.1 Å². The van der Waals surface area contributed by atoms with Crippen molar-refractivity contribution in [3.63, 3.8) is 0 Å². The van der Waals surface area contributed by atoms with Gasteiger partial charge in [-0.05, 0) is 0 Å². The number of carbonyl (C=O) groups excluding carboxylic acids is 1. The highest BCUT2D eigenvalue weighted by Gasteiger charge is 2.24. The van der Waals surface area contributed by atoms with Gasteiger partial charge in [0.05, 0.1) is 12.5 Å². The van der Waals surface area contributed by atoms with Crippen LogP contribution in [0.5, 0.6) is 0 Å². The first-order valence-electron chi connectivity index (χ1n) is 4.19. The SMILES string of the molecule is O=C(NCc1ncn[nH]1)C1CNC1. The van der Waals surface area contributed by atoms with E-state index in [-0.39, 0.29) is 11.8 Å². The summed E-state index contributed by atoms with van der Waals surface area (Å²) in [4.78, 5) is 15.2. The third-order valence-corrected chi connectivity index (χ3v) is 2.05. The van der Waals surface area contributed by atoms with E-state index in [1.54, 1.807) is 0 Å². The highest BCUT2D eigenvalue weighted by atomic mass is 16.2. The number of H-pyrrole nitrogens is 1. The van der Waals surface area contributed by atoms with E-state index >= 15 is 0 Å². The molecule has 1 aromatic heterocycles. The smallest absolute Gasteiger partial charge is 0.226 e. The molecule has 13 heavy (non-hydrogen) atoms. The number of aromatic nitrogens is 3. The molecule has 1 amide bonds. The molecular formula is C7H11N5O. The minimum atomic E-state index is 0.0788. The van der Waals surface area contributed by atoms with Crippen LogP contribution in [-0.2, 0) is 11.3 Å². The van der Waals surface area contributed by atoms with E-state index in [0.717, 1.165) is 13.1 Å². The van der Waals surface area contributed by atoms with Gasteiger partial charge in [0.25, 0.3) is 0 Å². The third-order valence-electron chi connectivity index (χ3n) is 2.05. The van der Waals surface area contributed by atoms with Crippen LogP contribution in [0, 0.1) is 5.92 Å². The first kappa shape index (κ1) is 8.18. The highest BCUT2D eigenvalue weighted by Crippen LogP contribution is 2.02. The van der Waals surface area contributed by atoms with Crippen LogP contribution in [0.3, 0.4) is 0 Å². The molecule has 1 fully saturated rings. The molecule has 2 heterocycles. The molecule has 0 bridgehead atoms. The zero-order valence-corrected chi connectivity index (χ0v) is 7.08. The molecule has 0 aromatic carbocycles. The summed E-state index contributed by atoms with van der Waals surface area (Å²) in [6.07, 6.45) is 1.42. The van der Waals surface area contributed by atoms with Crippen molar-refractivity contribution in [3.8, 4) is 0 Å². The lowest BCUT2D eigenvalue weighted by Gasteiger charge is -2.25. The molecule has 0 unspecified atom stereocenters. The largest absolute Gasteiger partial charge is 0.348 e. The summed E-state index contributed by atoms with van der Waals surface area (Å²) in [5, 5.41) is 12.2. The summed E-state index contributed by atoms with van der Waals surface area (Å²) in [6.45, 7) is 1.99. The van der Waals surface area contributed by atoms with Crippen LogP contribution >= 0.6 is 0 Å². The number of carbonyl (C=O) groups is 1. The van der Waals surface area contributed by atoms with Crippen molar-refractivity contribution in [2.45, 2.75) is 6.54 Å². The molecule has 1 aliphatic heterocycles. The fourth-order valence-electron chi connectivity index (χ4n) is 1.11. The van der Waals surface area contributed by atoms with E-state index in [9.17, 15) is 4.79 Å². The molecule has 70 valence electrons. The number of aromatic amines is 1. The molecule has 2 rings (SSSR count). The molecule has 6 heteroatoms. The Bertz CT molecular complexity index is 279. The number of nitrogens with one attached hydrogen (secondary N) is 3. The fourth-order valence-corrected chi connectivity index (χ4v) is 1.11. The normalized spacial score (nSPS) is 16.6. The van der Waals surface area contributed by atoms with Crippen LogP contribution in [0.15, 0.2) is 6.33 Å². The van der Waals surface area contributed by atoms with Crippen LogP contribution in [0.25, 0.3) is 0 Å². The number of hydrogen-bond acceptors (Lipinski definition) is 4. The lowest BCUT2D eigenvalue weighted by atomic mass is 10.0. The summed E-state index contributed by atoms with van der Waals surface area (Å²) in [6, 6.07) is 0. The van der Waals surface area contributed by atoms with E-state index in [1.165, 1.54) is 6.33 Å². The zero-order valence-electron chi connectivity index (χ0n) is 7.08. The third kappa shape index (κ3) is 1.83. The second-order valence-corrected chi connectivity index (χ2v) is 3.01. The Labute approximate surface area is 75.1 Å². The van der Waals surface area contributed by atoms with Crippen molar-refractivity contribution in [2.75, 3.05) is 13.1 Å². The van der Waals surface area contributed by atoms with Gasteiger partial charge in [-0.2, -0.15) is 5.10 Å². The second kappa shape index (κ2) is 3.53. The van der Waals surface area contributed by atoms with Crippen LogP contribution in [0.2, 0.25) is 0 Å². The fraction of sp³-hybridized carbons (Fsp3) is 0.571. The van der Waals surface area contributed by atoms with E-state index in [4.69, 9.17) is 0 Å². The lowest BCUT2D eigenvalue weighted by Crippen LogP contribution is -2.50. The van der Waals surface area contributed by atoms with Gasteiger partial charge in [-0.1, -0.05) is 0 Å². The number of amides is 1. The standard InChI is InChI=1S/C7H11N5O/c13-7(5-1-8-2-5)9-3-6-10-4-11-12-6/h4-5,8H,1-3H2,(H,9,13)(H,10,11,12). The van der Waals surface area contributed by atoms with Crippen molar-refractivity contribution >= 4 is 5.91 Å². The Morgan fingerprint density at radius 1 is 1.69 bits per heavy atom. The average molecular weight is 181 g/mol. The quantitative estimate of drug-likeness (QED) is 0.538. The molecule has 0 aliphatic carbocycles. The molecule has 1 saturated heterocycles. The number of hydrogen-bond donors (Lipinski definition) is 3. The van der Waals surface area contributed by atoms with Gasteiger partial charge in [0.15, 0.2) is 0 Å². The minimum absolute atomic E-state index is 0.0788. The Balaban J connectivity index is 1.76. The van der Waals surface area contributed by atoms with Gasteiger partial charge in [0.2, 0.25) is 5.91 Å². The van der Waals surface area contributed by atoms with E-state index in [0.29, 0.717) is 12.4 Å². The van der Waals surface area contributed by atoms with Gasteiger partial charge in [-0.25, -0.2) is 4.98 Å². The Morgan fingerprint density at radius 3 is 3.08 bits per heavy atom. The Hall–Kier alpha value is -1.43. The van der Waals surface area contributed by atoms with E-state index in [2.05, 4.69) is 25.8 Å². The highest BCUT2D eigenvalue weighted by molar-refractivity contribution is 5.79. The zero-order chi connectivity index (χ0) is 9.10. The maximum absolute atomic E-state index is 11.3. The van der Waals surface area contributed by atoms with Crippen molar-refractivity contribution in [2.24, 2.45) is 5.92 Å². The predicted molar refractivity (Wildman–Crippen MR) is 44.6 cm³/mol. The second-order valence-electron chi connectivity index (χ2n) is 3.01. The summed E-state index contributed by atoms with van der Waals surface area (Å²) < 4.78 is 0. The van der Waals surface area contributed by atoms with Crippen LogP contribution in [-0.4, -0.2) is 34.2 Å². The van der Waals surface area contributed by atoms with Gasteiger partial charge in [-0.3, -0.25) is 9.89 Å². The van der Waals surface area contributed by atoms with Crippen molar-refractivity contribution < 1.29 is 4.79 Å². The molecule has 0 saturated carbocycles. The summed E-state index contributed by atoms with van der Waals surface area (Å²) in [5.41, 5.74) is 0. The number of rotatable bonds is 3. The number of nitrogens with zero attached hydrogens (tertiary/aromatic N) is 2. The molecule has 0 atom stereocenters. The molecule has 1 aliphatic rings. The van der Waals surface area contributed by atoms with Gasteiger partial charge in [-0.15, -0.1) is 0 Å². The van der Waals surface area contributed by atoms with Crippen LogP contribution in [0.1, 0.15) is 5.82 Å². The van der Waals surface area contributed by atoms with Crippen LogP contribution in [0.4, 0.5) is 0 Å². The van der Waals surface area contributed by atoms with Crippen LogP contribution < -0.4 is 10.6 Å². The molecule has 3 N–H and O–H groups in total. The predicted octanol–water partition coefficient (Wildman–Crippen LogP) is -1.36. The van der Waals surface area contributed by atoms with Gasteiger partial charge in [0.1, 0.15) is 12.2 Å². The van der Waals surface area contributed by atoms with Gasteiger partial charge < -0.3 is 10.6 Å². The Morgan fingerprint density at radius 2 is 2.54 bits per heavy atom.